The molecule has 30 heteroatoms. The van der Waals surface area contributed by atoms with E-state index in [4.69, 9.17) is 69.6 Å². The highest BCUT2D eigenvalue weighted by molar-refractivity contribution is 7.53. The molecule has 2 atom stereocenters. The van der Waals surface area contributed by atoms with Crippen LogP contribution >= 0.6 is 26.8 Å². The number of H-pyrrole nitrogens is 2. The smallest absolute Gasteiger partial charge is 0.356 e. The Morgan fingerprint density at radius 2 is 1.00 bits per heavy atom. The van der Waals surface area contributed by atoms with E-state index in [-0.39, 0.29) is 116 Å². The predicted molar refractivity (Wildman–Crippen MR) is 300 cm³/mol. The molecular weight excluding hydrogens is 1170 g/mol. The molecule has 2 unspecified atom stereocenters. The molecule has 0 aliphatic carbocycles. The number of aromatic nitrogens is 8. The lowest BCUT2D eigenvalue weighted by atomic mass is 10.1. The summed E-state index contributed by atoms with van der Waals surface area (Å²) in [4.78, 5) is 45.1. The van der Waals surface area contributed by atoms with Crippen molar-refractivity contribution in [3.63, 3.8) is 0 Å². The number of nitrogens with two attached hydrogens (primary N) is 2. The summed E-state index contributed by atoms with van der Waals surface area (Å²) in [6.45, 7) is 9.89. The zero-order valence-electron chi connectivity index (χ0n) is 44.7. The average molecular weight is 1220 g/mol. The van der Waals surface area contributed by atoms with E-state index in [0.29, 0.717) is 44.2 Å². The number of nitrogens with zero attached hydrogens (tertiary/aromatic N) is 6. The normalized spacial score (nSPS) is 14.7. The number of fused-ring (bicyclic) bond motifs is 2. The van der Waals surface area contributed by atoms with Crippen molar-refractivity contribution in [3.05, 3.63) is 211 Å². The van der Waals surface area contributed by atoms with Crippen molar-refractivity contribution < 1.29 is 68.8 Å². The van der Waals surface area contributed by atoms with Gasteiger partial charge in [-0.1, -0.05) is 35.9 Å². The van der Waals surface area contributed by atoms with Crippen molar-refractivity contribution in [2.75, 3.05) is 50.6 Å². The van der Waals surface area contributed by atoms with Gasteiger partial charge in [0, 0.05) is 29.2 Å². The first-order valence-electron chi connectivity index (χ1n) is 25.1. The molecule has 0 saturated carbocycles. The van der Waals surface area contributed by atoms with Gasteiger partial charge in [-0.05, 0) is 110 Å². The molecule has 84 heavy (non-hydrogen) atoms. The van der Waals surface area contributed by atoms with Crippen LogP contribution in [-0.2, 0) is 81.9 Å². The Kier molecular flexibility index (Phi) is 19.0. The fraction of sp³-hybridized carbons (Fsp3) is 0.222. The summed E-state index contributed by atoms with van der Waals surface area (Å²) >= 11 is 5.99. The van der Waals surface area contributed by atoms with E-state index in [1.807, 2.05) is 0 Å². The first-order chi connectivity index (χ1) is 40.2. The van der Waals surface area contributed by atoms with Gasteiger partial charge in [-0.25, -0.2) is 23.1 Å². The molecule has 6 heterocycles. The number of hydrogen-bond donors (Lipinski definition) is 4. The molecule has 4 aromatic carbocycles. The number of imidazole rings is 2. The minimum Gasteiger partial charge on any atom is -0.424 e. The molecule has 0 radical (unpaired) electrons. The number of hydrogen-bond acceptors (Lipinski definition) is 20. The fourth-order valence-corrected chi connectivity index (χ4v) is 10.5. The third-order valence-corrected chi connectivity index (χ3v) is 15.5. The topological polar surface area (TPSA) is 306 Å². The fourth-order valence-electron chi connectivity index (χ4n) is 7.87. The summed E-state index contributed by atoms with van der Waals surface area (Å²) in [6.07, 6.45) is 1.89. The predicted octanol–water partition coefficient (Wildman–Crippen LogP) is 9.67. The second kappa shape index (κ2) is 26.5. The standard InChI is InChI=1S/C27H26ClFN5O7P.C27H26F2N5O7P/c2*1-16-3-4-18(11-21(16)29)12-38-42(36,15-37-10-9-34-14-31-23-25(34)32-27(30)33-26(23)35)39-13-22-24(41-17(2)40-22)19-5-7-20(28)8-6-19/h2*3-8,11,14H,2,9-10,12-13,15H2,1H3,(H3,30,32,33,35). The molecule has 10 rings (SSSR count). The van der Waals surface area contributed by atoms with Gasteiger partial charge in [0.05, 0.1) is 39.1 Å². The van der Waals surface area contributed by atoms with E-state index < -0.39 is 56.5 Å². The zero-order valence-corrected chi connectivity index (χ0v) is 47.2. The lowest BCUT2D eigenvalue weighted by Gasteiger charge is -2.19. The average Bonchev–Trinajstić information content (AvgIpc) is 4.42. The molecule has 4 aromatic heterocycles. The Morgan fingerprint density at radius 3 is 1.42 bits per heavy atom. The number of benzene rings is 4. The molecule has 0 bridgehead atoms. The number of halogens is 4. The van der Waals surface area contributed by atoms with E-state index in [2.05, 4.69) is 43.1 Å². The van der Waals surface area contributed by atoms with Gasteiger partial charge in [-0.2, -0.15) is 9.97 Å². The molecular formula is C54H52ClF3N10O14P2. The number of nitrogens with one attached hydrogen (secondary N) is 2. The monoisotopic (exact) mass is 1220 g/mol. The van der Waals surface area contributed by atoms with Crippen molar-refractivity contribution in [2.45, 2.75) is 40.2 Å². The van der Waals surface area contributed by atoms with Gasteiger partial charge in [0.2, 0.25) is 11.9 Å². The maximum Gasteiger partial charge on any atom is 0.356 e. The summed E-state index contributed by atoms with van der Waals surface area (Å²) in [5, 5.41) is 0.534. The van der Waals surface area contributed by atoms with Crippen LogP contribution in [0.3, 0.4) is 0 Å². The van der Waals surface area contributed by atoms with Crippen molar-refractivity contribution in [2.24, 2.45) is 0 Å². The SMILES string of the molecule is C=C1OC(COP(=O)(COCCn2cnc3c(=O)[nH]c(N)nc32)OCc2ccc(C)c(F)c2)=C(c2ccc(Cl)cc2)O1.C=C1OC(COP(=O)(COCCn2cnc3c(=O)[nH]c(N)nc32)OCc2ccc(C)c(F)c2)=C(c2ccc(F)cc2)O1. The molecule has 24 nitrogen and oxygen atoms in total. The van der Waals surface area contributed by atoms with Crippen LogP contribution in [0.25, 0.3) is 33.8 Å². The van der Waals surface area contributed by atoms with Gasteiger partial charge in [0.1, 0.15) is 43.4 Å². The second-order valence-corrected chi connectivity index (χ2v) is 22.8. The van der Waals surface area contributed by atoms with Gasteiger partial charge in [-0.3, -0.25) is 37.7 Å². The first-order valence-corrected chi connectivity index (χ1v) is 28.9. The van der Waals surface area contributed by atoms with E-state index in [9.17, 15) is 31.9 Å². The molecule has 6 N–H and O–H groups in total. The van der Waals surface area contributed by atoms with E-state index in [1.165, 1.54) is 49.1 Å². The molecule has 8 aromatic rings. The molecule has 0 spiro atoms. The van der Waals surface area contributed by atoms with Crippen LogP contribution in [0.1, 0.15) is 33.4 Å². The quantitative estimate of drug-likeness (QED) is 0.0323. The largest absolute Gasteiger partial charge is 0.424 e. The van der Waals surface area contributed by atoms with Gasteiger partial charge < -0.3 is 58.1 Å². The highest BCUT2D eigenvalue weighted by atomic mass is 35.5. The Balaban J connectivity index is 0.000000202. The Hall–Kier alpha value is -8.36. The molecule has 0 saturated heterocycles. The van der Waals surface area contributed by atoms with Gasteiger partial charge in [-0.15, -0.1) is 0 Å². The number of nitrogen functional groups attached to an aromatic ring is 2. The maximum absolute atomic E-state index is 14.1. The third kappa shape index (κ3) is 15.2. The number of ether oxygens (including phenoxy) is 6. The van der Waals surface area contributed by atoms with Crippen molar-refractivity contribution in [1.29, 1.82) is 0 Å². The Morgan fingerprint density at radius 1 is 0.595 bits per heavy atom. The summed E-state index contributed by atoms with van der Waals surface area (Å²) in [5.74, 6) is -0.568. The van der Waals surface area contributed by atoms with Crippen molar-refractivity contribution in [3.8, 4) is 0 Å². The number of aromatic amines is 2. The number of rotatable bonds is 24. The molecule has 0 amide bonds. The lowest BCUT2D eigenvalue weighted by molar-refractivity contribution is 0.114. The van der Waals surface area contributed by atoms with Gasteiger partial charge in [0.25, 0.3) is 23.0 Å². The minimum atomic E-state index is -4.00. The van der Waals surface area contributed by atoms with Crippen LogP contribution in [-0.4, -0.2) is 78.2 Å². The third-order valence-electron chi connectivity index (χ3n) is 12.2. The zero-order chi connectivity index (χ0) is 59.7. The van der Waals surface area contributed by atoms with Crippen LogP contribution in [0.15, 0.2) is 144 Å². The summed E-state index contributed by atoms with van der Waals surface area (Å²) in [6, 6.07) is 21.3. The van der Waals surface area contributed by atoms with Gasteiger partial charge in [0.15, 0.2) is 45.4 Å². The van der Waals surface area contributed by atoms with Crippen molar-refractivity contribution in [1.82, 2.24) is 39.0 Å². The molecule has 2 aliphatic heterocycles. The summed E-state index contributed by atoms with van der Waals surface area (Å²) in [5.41, 5.74) is 14.0. The molecule has 440 valence electrons. The summed E-state index contributed by atoms with van der Waals surface area (Å²) in [7, 11) is -7.96. The Bertz CT molecular complexity index is 3800. The van der Waals surface area contributed by atoms with Crippen molar-refractivity contribution >= 4 is 72.5 Å². The molecule has 2 aliphatic rings. The first kappa shape index (κ1) is 60.2. The highest BCUT2D eigenvalue weighted by Gasteiger charge is 2.33. The van der Waals surface area contributed by atoms with Crippen LogP contribution < -0.4 is 22.6 Å². The van der Waals surface area contributed by atoms with Crippen LogP contribution in [0.2, 0.25) is 5.02 Å². The molecule has 0 fully saturated rings. The van der Waals surface area contributed by atoms with E-state index in [0.717, 1.165) is 0 Å². The number of aryl methyl sites for hydroxylation is 2. The summed E-state index contributed by atoms with van der Waals surface area (Å²) < 4.78 is 129. The second-order valence-electron chi connectivity index (χ2n) is 18.4. The minimum absolute atomic E-state index is 0.00958. The van der Waals surface area contributed by atoms with Crippen LogP contribution in [0, 0.1) is 31.3 Å². The van der Waals surface area contributed by atoms with E-state index >= 15 is 0 Å². The van der Waals surface area contributed by atoms with Crippen LogP contribution in [0.4, 0.5) is 25.1 Å². The Labute approximate surface area is 480 Å². The van der Waals surface area contributed by atoms with Gasteiger partial charge >= 0.3 is 15.2 Å². The maximum atomic E-state index is 14.1. The lowest BCUT2D eigenvalue weighted by Crippen LogP contribution is -2.13. The van der Waals surface area contributed by atoms with Crippen LogP contribution in [0.5, 0.6) is 0 Å². The van der Waals surface area contributed by atoms with E-state index in [1.54, 1.807) is 71.5 Å². The highest BCUT2D eigenvalue weighted by Crippen LogP contribution is 2.51. The number of anilines is 2.